The molecule has 5 aromatic rings. The van der Waals surface area contributed by atoms with Gasteiger partial charge in [-0.05, 0) is 73.0 Å². The van der Waals surface area contributed by atoms with E-state index in [9.17, 15) is 9.90 Å². The molecule has 3 N–H and O–H groups in total. The Balaban J connectivity index is 1.69. The van der Waals surface area contributed by atoms with Gasteiger partial charge in [0.05, 0.1) is 4.88 Å². The van der Waals surface area contributed by atoms with Crippen molar-refractivity contribution in [2.45, 2.75) is 13.8 Å². The highest BCUT2D eigenvalue weighted by molar-refractivity contribution is 7.21. The van der Waals surface area contributed by atoms with E-state index in [2.05, 4.69) is 4.98 Å². The Bertz CT molecular complexity index is 1510. The van der Waals surface area contributed by atoms with E-state index < -0.39 is 0 Å². The van der Waals surface area contributed by atoms with Crippen molar-refractivity contribution in [2.75, 3.05) is 5.73 Å². The molecule has 0 spiro atoms. The van der Waals surface area contributed by atoms with Crippen LogP contribution in [-0.4, -0.2) is 15.9 Å². The van der Waals surface area contributed by atoms with E-state index in [1.165, 1.54) is 17.6 Å². The molecule has 0 aliphatic carbocycles. The number of nitrogens with two attached hydrogens (primary N) is 1. The van der Waals surface area contributed by atoms with Gasteiger partial charge in [0.25, 0.3) is 0 Å². The number of carbonyl (C=O) groups is 1. The Kier molecular flexibility index (Phi) is 5.19. The van der Waals surface area contributed by atoms with Crippen molar-refractivity contribution >= 4 is 44.6 Å². The number of anilines is 1. The molecule has 0 unspecified atom stereocenters. The Morgan fingerprint density at radius 3 is 2.33 bits per heavy atom. The molecule has 5 nitrogen and oxygen atoms in total. The lowest BCUT2D eigenvalue weighted by Gasteiger charge is -2.11. The van der Waals surface area contributed by atoms with E-state index >= 15 is 0 Å². The maximum atomic E-state index is 13.8. The Morgan fingerprint density at radius 1 is 1.03 bits per heavy atom. The van der Waals surface area contributed by atoms with Crippen molar-refractivity contribution < 1.29 is 14.3 Å². The van der Waals surface area contributed by atoms with E-state index in [-0.39, 0.29) is 11.5 Å². The number of aromatic nitrogens is 1. The minimum Gasteiger partial charge on any atom is -0.508 e. The van der Waals surface area contributed by atoms with Gasteiger partial charge in [-0.1, -0.05) is 23.7 Å². The number of hydrogen-bond acceptors (Lipinski definition) is 6. The Labute approximate surface area is 199 Å². The minimum absolute atomic E-state index is 0.0677. The lowest BCUT2D eigenvalue weighted by Crippen LogP contribution is -2.06. The summed E-state index contributed by atoms with van der Waals surface area (Å²) < 4.78 is 6.23. The first-order valence-corrected chi connectivity index (χ1v) is 11.4. The molecule has 2 aromatic heterocycles. The first kappa shape index (κ1) is 21.2. The van der Waals surface area contributed by atoms with Gasteiger partial charge < -0.3 is 15.3 Å². The highest BCUT2D eigenvalue weighted by atomic mass is 35.5. The van der Waals surface area contributed by atoms with E-state index in [0.29, 0.717) is 27.2 Å². The normalized spacial score (nSPS) is 11.2. The molecule has 0 bridgehead atoms. The number of thiophene rings is 1. The maximum absolute atomic E-state index is 13.8. The number of halogens is 1. The lowest BCUT2D eigenvalue weighted by molar-refractivity contribution is 0.104. The van der Waals surface area contributed by atoms with Gasteiger partial charge in [0.2, 0.25) is 11.7 Å². The van der Waals surface area contributed by atoms with Crippen molar-refractivity contribution in [3.63, 3.8) is 0 Å². The molecule has 5 rings (SSSR count). The summed E-state index contributed by atoms with van der Waals surface area (Å²) in [4.78, 5) is 18.6. The van der Waals surface area contributed by atoms with E-state index in [4.69, 9.17) is 21.8 Å². The minimum atomic E-state index is -0.0677. The van der Waals surface area contributed by atoms with Crippen LogP contribution in [0.1, 0.15) is 26.4 Å². The molecule has 0 fully saturated rings. The highest BCUT2D eigenvalue weighted by Gasteiger charge is 2.24. The van der Waals surface area contributed by atoms with Gasteiger partial charge in [0.1, 0.15) is 12.0 Å². The number of aromatic hydroxyl groups is 1. The number of hydrogen-bond donors (Lipinski definition) is 2. The predicted molar refractivity (Wildman–Crippen MR) is 133 cm³/mol. The molecule has 0 saturated heterocycles. The second-order valence-electron chi connectivity index (χ2n) is 7.89. The number of fused-ring (bicyclic) bond motifs is 1. The fourth-order valence-electron chi connectivity index (χ4n) is 4.11. The summed E-state index contributed by atoms with van der Waals surface area (Å²) in [6.07, 6.45) is 1.40. The Morgan fingerprint density at radius 2 is 1.70 bits per heavy atom. The predicted octanol–water partition coefficient (Wildman–Crippen LogP) is 7.01. The molecule has 2 heterocycles. The van der Waals surface area contributed by atoms with E-state index in [1.54, 1.807) is 24.3 Å². The van der Waals surface area contributed by atoms with Crippen molar-refractivity contribution in [2.24, 2.45) is 0 Å². The fourth-order valence-corrected chi connectivity index (χ4v) is 5.64. The summed E-state index contributed by atoms with van der Waals surface area (Å²) in [5.74, 6) is 0.842. The fraction of sp³-hybridized carbons (Fsp3) is 0.0769. The molecule has 33 heavy (non-hydrogen) atoms. The standard InChI is InChI=1S/C26H19ClN2O3S/c1-13-9-17(27)10-14(2)22(13)24(31)25-23(19-8-7-18(30)11-20(19)33-25)15-3-5-16(6-4-15)26-29-21(28)12-32-26/h3-12,30H,28H2,1-2H3. The van der Waals surface area contributed by atoms with Gasteiger partial charge in [0.15, 0.2) is 5.82 Å². The molecule has 0 saturated carbocycles. The van der Waals surface area contributed by atoms with Crippen LogP contribution >= 0.6 is 22.9 Å². The van der Waals surface area contributed by atoms with Gasteiger partial charge >= 0.3 is 0 Å². The summed E-state index contributed by atoms with van der Waals surface area (Å²) in [5.41, 5.74) is 10.5. The van der Waals surface area contributed by atoms with Crippen LogP contribution in [0, 0.1) is 13.8 Å². The van der Waals surface area contributed by atoms with E-state index in [1.807, 2.05) is 44.2 Å². The van der Waals surface area contributed by atoms with Crippen LogP contribution in [0.4, 0.5) is 5.82 Å². The third-order valence-corrected chi connectivity index (χ3v) is 6.92. The van der Waals surface area contributed by atoms with Crippen molar-refractivity contribution in [3.05, 3.63) is 87.5 Å². The molecule has 3 aromatic carbocycles. The number of ketones is 1. The number of benzene rings is 3. The number of nitrogen functional groups attached to an aromatic ring is 1. The number of rotatable bonds is 4. The van der Waals surface area contributed by atoms with Crippen LogP contribution in [-0.2, 0) is 0 Å². The van der Waals surface area contributed by atoms with E-state index in [0.717, 1.165) is 37.9 Å². The van der Waals surface area contributed by atoms with Crippen LogP contribution < -0.4 is 5.73 Å². The number of aryl methyl sites for hydroxylation is 2. The third-order valence-electron chi connectivity index (χ3n) is 5.55. The molecule has 0 atom stereocenters. The van der Waals surface area contributed by atoms with Gasteiger partial charge in [-0.3, -0.25) is 4.79 Å². The first-order valence-electron chi connectivity index (χ1n) is 10.2. The molecular formula is C26H19ClN2O3S. The zero-order valence-corrected chi connectivity index (χ0v) is 19.4. The average molecular weight is 475 g/mol. The zero-order valence-electron chi connectivity index (χ0n) is 17.8. The van der Waals surface area contributed by atoms with Gasteiger partial charge in [-0.15, -0.1) is 11.3 Å². The second kappa shape index (κ2) is 8.06. The third kappa shape index (κ3) is 3.77. The molecular weight excluding hydrogens is 456 g/mol. The lowest BCUT2D eigenvalue weighted by atomic mass is 9.93. The summed E-state index contributed by atoms with van der Waals surface area (Å²) in [6.45, 7) is 3.78. The monoisotopic (exact) mass is 474 g/mol. The zero-order chi connectivity index (χ0) is 23.3. The van der Waals surface area contributed by atoms with Gasteiger partial charge in [0, 0.05) is 31.8 Å². The molecule has 164 valence electrons. The molecule has 0 radical (unpaired) electrons. The number of nitrogens with zero attached hydrogens (tertiary/aromatic N) is 1. The molecule has 0 aliphatic heterocycles. The van der Waals surface area contributed by atoms with Crippen LogP contribution in [0.2, 0.25) is 5.02 Å². The average Bonchev–Trinajstić information content (AvgIpc) is 3.36. The summed E-state index contributed by atoms with van der Waals surface area (Å²) in [6, 6.07) is 16.4. The maximum Gasteiger partial charge on any atom is 0.227 e. The van der Waals surface area contributed by atoms with Crippen LogP contribution in [0.25, 0.3) is 32.7 Å². The van der Waals surface area contributed by atoms with Crippen LogP contribution in [0.15, 0.2) is 65.3 Å². The second-order valence-corrected chi connectivity index (χ2v) is 9.37. The summed E-state index contributed by atoms with van der Waals surface area (Å²) in [7, 11) is 0. The largest absolute Gasteiger partial charge is 0.508 e. The van der Waals surface area contributed by atoms with Crippen LogP contribution in [0.5, 0.6) is 5.75 Å². The number of phenolic OH excluding ortho intramolecular Hbond substituents is 1. The highest BCUT2D eigenvalue weighted by Crippen LogP contribution is 2.42. The molecule has 0 amide bonds. The number of oxazole rings is 1. The molecule has 7 heteroatoms. The summed E-state index contributed by atoms with van der Waals surface area (Å²) in [5, 5.41) is 11.5. The number of phenols is 1. The Hall–Kier alpha value is -3.61. The van der Waals surface area contributed by atoms with Crippen molar-refractivity contribution in [1.29, 1.82) is 0 Å². The first-order chi connectivity index (χ1) is 15.8. The summed E-state index contributed by atoms with van der Waals surface area (Å²) >= 11 is 7.56. The van der Waals surface area contributed by atoms with Gasteiger partial charge in [-0.25, -0.2) is 0 Å². The molecule has 0 aliphatic rings. The SMILES string of the molecule is Cc1cc(Cl)cc(C)c1C(=O)c1sc2cc(O)ccc2c1-c1ccc(-c2nc(N)co2)cc1. The van der Waals surface area contributed by atoms with Crippen LogP contribution in [0.3, 0.4) is 0 Å². The van der Waals surface area contributed by atoms with Crippen molar-refractivity contribution in [3.8, 4) is 28.3 Å². The topological polar surface area (TPSA) is 89.3 Å². The quantitative estimate of drug-likeness (QED) is 0.273. The smallest absolute Gasteiger partial charge is 0.227 e. The number of carbonyl (C=O) groups excluding carboxylic acids is 1. The van der Waals surface area contributed by atoms with Gasteiger partial charge in [-0.2, -0.15) is 4.98 Å². The van der Waals surface area contributed by atoms with Crippen molar-refractivity contribution in [1.82, 2.24) is 4.98 Å².